The second-order valence-electron chi connectivity index (χ2n) is 9.32. The van der Waals surface area contributed by atoms with Crippen LogP contribution >= 0.6 is 0 Å². The van der Waals surface area contributed by atoms with Crippen molar-refractivity contribution in [3.63, 3.8) is 0 Å². The highest BCUT2D eigenvalue weighted by molar-refractivity contribution is 6.21. The van der Waals surface area contributed by atoms with Crippen molar-refractivity contribution < 1.29 is 19.2 Å². The highest BCUT2D eigenvalue weighted by Crippen LogP contribution is 2.28. The molecule has 32 heavy (non-hydrogen) atoms. The van der Waals surface area contributed by atoms with Gasteiger partial charge < -0.3 is 10.2 Å². The summed E-state index contributed by atoms with van der Waals surface area (Å²) in [5.74, 6) is 0.123. The Bertz CT molecular complexity index is 835. The second kappa shape index (κ2) is 10.3. The number of carbonyl (C=O) groups is 4. The van der Waals surface area contributed by atoms with Gasteiger partial charge in [0.25, 0.3) is 11.8 Å². The lowest BCUT2D eigenvalue weighted by Crippen LogP contribution is -2.47. The summed E-state index contributed by atoms with van der Waals surface area (Å²) in [5.41, 5.74) is 0.803. The molecule has 1 N–H and O–H groups in total. The molecule has 2 fully saturated rings. The molecule has 1 aromatic carbocycles. The first kappa shape index (κ1) is 22.5. The molecule has 2 heterocycles. The average molecular weight is 440 g/mol. The number of piperidine rings is 1. The topological polar surface area (TPSA) is 86.8 Å². The van der Waals surface area contributed by atoms with E-state index in [1.165, 1.54) is 32.1 Å². The number of carbonyl (C=O) groups excluding carboxylic acids is 4. The van der Waals surface area contributed by atoms with Crippen LogP contribution in [0.15, 0.2) is 24.3 Å². The van der Waals surface area contributed by atoms with Gasteiger partial charge in [0.1, 0.15) is 0 Å². The molecule has 0 aromatic heterocycles. The minimum absolute atomic E-state index is 0.0343. The van der Waals surface area contributed by atoms with Gasteiger partial charge in [0.15, 0.2) is 0 Å². The van der Waals surface area contributed by atoms with Gasteiger partial charge in [0, 0.05) is 38.5 Å². The van der Waals surface area contributed by atoms with Gasteiger partial charge in [-0.1, -0.05) is 44.2 Å². The van der Waals surface area contributed by atoms with E-state index in [0.717, 1.165) is 24.2 Å². The molecule has 0 unspecified atom stereocenters. The van der Waals surface area contributed by atoms with E-state index in [1.807, 2.05) is 4.90 Å². The van der Waals surface area contributed by atoms with E-state index >= 15 is 0 Å². The van der Waals surface area contributed by atoms with Crippen molar-refractivity contribution in [2.24, 2.45) is 5.92 Å². The third kappa shape index (κ3) is 5.19. The van der Waals surface area contributed by atoms with Crippen LogP contribution in [-0.4, -0.2) is 59.1 Å². The van der Waals surface area contributed by atoms with Crippen molar-refractivity contribution in [1.82, 2.24) is 15.1 Å². The van der Waals surface area contributed by atoms with Gasteiger partial charge in [-0.3, -0.25) is 24.1 Å². The molecular weight excluding hydrogens is 406 g/mol. The second-order valence-corrected chi connectivity index (χ2v) is 9.32. The van der Waals surface area contributed by atoms with Gasteiger partial charge >= 0.3 is 0 Å². The Labute approximate surface area is 189 Å². The smallest absolute Gasteiger partial charge is 0.261 e. The number of rotatable bonds is 7. The predicted molar refractivity (Wildman–Crippen MR) is 120 cm³/mol. The zero-order valence-corrected chi connectivity index (χ0v) is 18.7. The molecule has 0 bridgehead atoms. The standard InChI is InChI=1S/C25H33N3O4/c29-22(14-17-28-24(31)20-8-4-5-9-21(20)25(28)32)26-19-12-15-27(16-13-19)23(30)11-10-18-6-2-1-3-7-18/h4-5,8-9,18-19H,1-3,6-7,10-17H2,(H,26,29). The van der Waals surface area contributed by atoms with E-state index in [1.54, 1.807) is 24.3 Å². The van der Waals surface area contributed by atoms with Crippen LogP contribution in [0.25, 0.3) is 0 Å². The molecule has 1 saturated carbocycles. The normalized spacial score (nSPS) is 19.9. The van der Waals surface area contributed by atoms with Gasteiger partial charge in [0.05, 0.1) is 11.1 Å². The van der Waals surface area contributed by atoms with Crippen molar-refractivity contribution in [3.8, 4) is 0 Å². The van der Waals surface area contributed by atoms with E-state index in [0.29, 0.717) is 36.6 Å². The highest BCUT2D eigenvalue weighted by atomic mass is 16.2. The van der Waals surface area contributed by atoms with E-state index in [4.69, 9.17) is 0 Å². The third-order valence-electron chi connectivity index (χ3n) is 7.14. The SMILES string of the molecule is O=C(CCN1C(=O)c2ccccc2C1=O)NC1CCN(C(=O)CCC2CCCCC2)CC1. The molecule has 4 amide bonds. The minimum Gasteiger partial charge on any atom is -0.353 e. The summed E-state index contributed by atoms with van der Waals surface area (Å²) in [5, 5.41) is 3.01. The lowest BCUT2D eigenvalue weighted by molar-refractivity contribution is -0.132. The Kier molecular flexibility index (Phi) is 7.22. The number of nitrogens with one attached hydrogen (secondary N) is 1. The fourth-order valence-corrected chi connectivity index (χ4v) is 5.19. The van der Waals surface area contributed by atoms with Crippen LogP contribution in [0.5, 0.6) is 0 Å². The fraction of sp³-hybridized carbons (Fsp3) is 0.600. The van der Waals surface area contributed by atoms with Crippen LogP contribution in [0, 0.1) is 5.92 Å². The van der Waals surface area contributed by atoms with Gasteiger partial charge in [-0.25, -0.2) is 0 Å². The summed E-state index contributed by atoms with van der Waals surface area (Å²) in [6.45, 7) is 1.43. The molecule has 1 aromatic rings. The number of amides is 4. The van der Waals surface area contributed by atoms with Crippen molar-refractivity contribution >= 4 is 23.6 Å². The maximum Gasteiger partial charge on any atom is 0.261 e. The Morgan fingerprint density at radius 1 is 0.875 bits per heavy atom. The first-order valence-corrected chi connectivity index (χ1v) is 12.1. The molecule has 172 valence electrons. The van der Waals surface area contributed by atoms with E-state index in [2.05, 4.69) is 5.32 Å². The Balaban J connectivity index is 1.15. The Morgan fingerprint density at radius 3 is 2.12 bits per heavy atom. The molecule has 7 heteroatoms. The van der Waals surface area contributed by atoms with Crippen LogP contribution in [0.3, 0.4) is 0 Å². The molecule has 3 aliphatic rings. The first-order valence-electron chi connectivity index (χ1n) is 12.1. The lowest BCUT2D eigenvalue weighted by Gasteiger charge is -2.33. The summed E-state index contributed by atoms with van der Waals surface area (Å²) < 4.78 is 0. The predicted octanol–water partition coefficient (Wildman–Crippen LogP) is 3.14. The molecule has 0 atom stereocenters. The van der Waals surface area contributed by atoms with Gasteiger partial charge in [0.2, 0.25) is 11.8 Å². The molecule has 7 nitrogen and oxygen atoms in total. The minimum atomic E-state index is -0.335. The Hall–Kier alpha value is -2.70. The molecule has 0 spiro atoms. The molecular formula is C25H33N3O4. The van der Waals surface area contributed by atoms with Crippen molar-refractivity contribution in [2.45, 2.75) is 70.3 Å². The lowest BCUT2D eigenvalue weighted by atomic mass is 9.86. The molecule has 2 aliphatic heterocycles. The van der Waals surface area contributed by atoms with Gasteiger partial charge in [-0.2, -0.15) is 0 Å². The molecule has 4 rings (SSSR count). The largest absolute Gasteiger partial charge is 0.353 e. The van der Waals surface area contributed by atoms with Crippen LogP contribution in [0.1, 0.15) is 84.9 Å². The number of nitrogens with zero attached hydrogens (tertiary/aromatic N) is 2. The first-order chi connectivity index (χ1) is 15.5. The maximum atomic E-state index is 12.5. The maximum absolute atomic E-state index is 12.5. The summed E-state index contributed by atoms with van der Waals surface area (Å²) >= 11 is 0. The highest BCUT2D eigenvalue weighted by Gasteiger charge is 2.35. The third-order valence-corrected chi connectivity index (χ3v) is 7.14. The quantitative estimate of drug-likeness (QED) is 0.662. The number of imide groups is 1. The summed E-state index contributed by atoms with van der Waals surface area (Å²) in [4.78, 5) is 52.8. The number of likely N-dealkylation sites (tertiary alicyclic amines) is 1. The molecule has 0 radical (unpaired) electrons. The van der Waals surface area contributed by atoms with Crippen LogP contribution in [-0.2, 0) is 9.59 Å². The summed E-state index contributed by atoms with van der Waals surface area (Å²) in [6.07, 6.45) is 9.70. The van der Waals surface area contributed by atoms with E-state index in [-0.39, 0.29) is 42.6 Å². The van der Waals surface area contributed by atoms with E-state index in [9.17, 15) is 19.2 Å². The number of hydrogen-bond donors (Lipinski definition) is 1. The monoisotopic (exact) mass is 439 g/mol. The van der Waals surface area contributed by atoms with Crippen molar-refractivity contribution in [2.75, 3.05) is 19.6 Å². The Morgan fingerprint density at radius 2 is 1.50 bits per heavy atom. The van der Waals surface area contributed by atoms with Gasteiger partial charge in [-0.05, 0) is 37.3 Å². The molecule has 1 aliphatic carbocycles. The number of hydrogen-bond acceptors (Lipinski definition) is 4. The van der Waals surface area contributed by atoms with Crippen LogP contribution in [0.4, 0.5) is 0 Å². The number of fused-ring (bicyclic) bond motifs is 1. The zero-order chi connectivity index (χ0) is 22.5. The van der Waals surface area contributed by atoms with E-state index < -0.39 is 0 Å². The van der Waals surface area contributed by atoms with Crippen molar-refractivity contribution in [1.29, 1.82) is 0 Å². The summed E-state index contributed by atoms with van der Waals surface area (Å²) in [6, 6.07) is 6.77. The van der Waals surface area contributed by atoms with Crippen molar-refractivity contribution in [3.05, 3.63) is 35.4 Å². The fourth-order valence-electron chi connectivity index (χ4n) is 5.19. The zero-order valence-electron chi connectivity index (χ0n) is 18.7. The van der Waals surface area contributed by atoms with Crippen LogP contribution in [0.2, 0.25) is 0 Å². The molecule has 1 saturated heterocycles. The number of benzene rings is 1. The average Bonchev–Trinajstić information content (AvgIpc) is 3.07. The van der Waals surface area contributed by atoms with Gasteiger partial charge in [-0.15, -0.1) is 0 Å². The van der Waals surface area contributed by atoms with Crippen LogP contribution < -0.4 is 5.32 Å². The summed E-state index contributed by atoms with van der Waals surface area (Å²) in [7, 11) is 0.